The van der Waals surface area contributed by atoms with E-state index in [-0.39, 0.29) is 30.7 Å². The molecular formula is C17H22N2O4. The number of carboxylic acid groups (broad SMARTS) is 1. The second-order valence-corrected chi connectivity index (χ2v) is 5.67. The molecule has 23 heavy (non-hydrogen) atoms. The van der Waals surface area contributed by atoms with Crippen LogP contribution in [-0.2, 0) is 14.4 Å². The van der Waals surface area contributed by atoms with Gasteiger partial charge in [-0.1, -0.05) is 30.3 Å². The van der Waals surface area contributed by atoms with Gasteiger partial charge in [0, 0.05) is 25.9 Å². The summed E-state index contributed by atoms with van der Waals surface area (Å²) in [5, 5.41) is 11.4. The molecule has 0 saturated carbocycles. The fourth-order valence-corrected chi connectivity index (χ4v) is 2.80. The third-order valence-electron chi connectivity index (χ3n) is 3.97. The lowest BCUT2D eigenvalue weighted by Gasteiger charge is -2.29. The van der Waals surface area contributed by atoms with E-state index in [1.54, 1.807) is 4.90 Å². The first-order valence-corrected chi connectivity index (χ1v) is 7.91. The van der Waals surface area contributed by atoms with E-state index in [0.717, 1.165) is 5.56 Å². The van der Waals surface area contributed by atoms with Crippen LogP contribution >= 0.6 is 0 Å². The molecule has 6 nitrogen and oxygen atoms in total. The Hall–Kier alpha value is -2.37. The van der Waals surface area contributed by atoms with Gasteiger partial charge in [-0.3, -0.25) is 14.4 Å². The van der Waals surface area contributed by atoms with Crippen molar-refractivity contribution in [2.24, 2.45) is 0 Å². The van der Waals surface area contributed by atoms with Gasteiger partial charge in [0.05, 0.1) is 12.5 Å². The van der Waals surface area contributed by atoms with Gasteiger partial charge in [-0.25, -0.2) is 0 Å². The van der Waals surface area contributed by atoms with Crippen LogP contribution in [0.2, 0.25) is 0 Å². The number of benzene rings is 1. The van der Waals surface area contributed by atoms with E-state index < -0.39 is 5.97 Å². The van der Waals surface area contributed by atoms with Crippen molar-refractivity contribution in [3.05, 3.63) is 35.9 Å². The molecule has 1 unspecified atom stereocenters. The van der Waals surface area contributed by atoms with Crippen LogP contribution in [0, 0.1) is 0 Å². The Labute approximate surface area is 135 Å². The predicted molar refractivity (Wildman–Crippen MR) is 84.6 cm³/mol. The molecule has 1 atom stereocenters. The van der Waals surface area contributed by atoms with Crippen LogP contribution < -0.4 is 5.32 Å². The van der Waals surface area contributed by atoms with E-state index in [1.165, 1.54) is 0 Å². The summed E-state index contributed by atoms with van der Waals surface area (Å²) in [6, 6.07) is 9.28. The highest BCUT2D eigenvalue weighted by Crippen LogP contribution is 2.26. The lowest BCUT2D eigenvalue weighted by molar-refractivity contribution is -0.138. The van der Waals surface area contributed by atoms with Crippen LogP contribution in [-0.4, -0.2) is 40.9 Å². The number of amides is 2. The van der Waals surface area contributed by atoms with E-state index in [0.29, 0.717) is 32.4 Å². The van der Waals surface area contributed by atoms with Gasteiger partial charge in [-0.15, -0.1) is 0 Å². The van der Waals surface area contributed by atoms with E-state index in [4.69, 9.17) is 5.11 Å². The van der Waals surface area contributed by atoms with Crippen LogP contribution in [0.1, 0.15) is 43.7 Å². The Bertz CT molecular complexity index is 559. The first kappa shape index (κ1) is 17.0. The molecule has 1 saturated heterocycles. The molecule has 2 rings (SSSR count). The first-order valence-electron chi connectivity index (χ1n) is 7.91. The molecule has 0 radical (unpaired) electrons. The Kier molecular flexibility index (Phi) is 6.14. The Morgan fingerprint density at radius 3 is 2.57 bits per heavy atom. The minimum atomic E-state index is -0.843. The van der Waals surface area contributed by atoms with Crippen molar-refractivity contribution in [3.63, 3.8) is 0 Å². The number of hydrogen-bond donors (Lipinski definition) is 2. The molecule has 124 valence electrons. The number of nitrogens with zero attached hydrogens (tertiary/aromatic N) is 1. The van der Waals surface area contributed by atoms with Crippen LogP contribution in [0.5, 0.6) is 0 Å². The second kappa shape index (κ2) is 8.31. The zero-order valence-electron chi connectivity index (χ0n) is 13.0. The molecule has 2 amide bonds. The van der Waals surface area contributed by atoms with E-state index >= 15 is 0 Å². The lowest BCUT2D eigenvalue weighted by Crippen LogP contribution is -2.36. The van der Waals surface area contributed by atoms with Gasteiger partial charge in [-0.2, -0.15) is 0 Å². The zero-order valence-corrected chi connectivity index (χ0v) is 13.0. The van der Waals surface area contributed by atoms with Crippen molar-refractivity contribution >= 4 is 17.8 Å². The van der Waals surface area contributed by atoms with E-state index in [1.807, 2.05) is 30.3 Å². The first-order chi connectivity index (χ1) is 11.1. The van der Waals surface area contributed by atoms with E-state index in [9.17, 15) is 14.4 Å². The van der Waals surface area contributed by atoms with Gasteiger partial charge in [0.25, 0.3) is 0 Å². The van der Waals surface area contributed by atoms with Crippen LogP contribution in [0.15, 0.2) is 30.3 Å². The maximum atomic E-state index is 12.5. The van der Waals surface area contributed by atoms with Gasteiger partial charge in [0.15, 0.2) is 0 Å². The normalized spacial score (nSPS) is 18.2. The molecule has 1 aromatic carbocycles. The Balaban J connectivity index is 2.04. The van der Waals surface area contributed by atoms with E-state index in [2.05, 4.69) is 5.32 Å². The highest BCUT2D eigenvalue weighted by molar-refractivity contribution is 5.81. The van der Waals surface area contributed by atoms with Crippen molar-refractivity contribution < 1.29 is 19.5 Å². The molecule has 0 aromatic heterocycles. The summed E-state index contributed by atoms with van der Waals surface area (Å²) in [4.78, 5) is 36.6. The molecule has 0 aliphatic carbocycles. The molecule has 1 aliphatic heterocycles. The van der Waals surface area contributed by atoms with Crippen molar-refractivity contribution in [2.45, 2.75) is 38.1 Å². The maximum absolute atomic E-state index is 12.5. The standard InChI is InChI=1S/C17H22N2O4/c20-15-12-14(13-6-2-1-3-7-13)19(11-10-18-15)16(21)8-4-5-9-17(22)23/h1-3,6-7,14H,4-5,8-12H2,(H,18,20)(H,22,23). The summed E-state index contributed by atoms with van der Waals surface area (Å²) in [5.41, 5.74) is 0.948. The minimum Gasteiger partial charge on any atom is -0.481 e. The molecule has 1 fully saturated rings. The smallest absolute Gasteiger partial charge is 0.303 e. The molecular weight excluding hydrogens is 296 g/mol. The number of carbonyl (C=O) groups is 3. The number of aliphatic carboxylic acids is 1. The second-order valence-electron chi connectivity index (χ2n) is 5.67. The summed E-state index contributed by atoms with van der Waals surface area (Å²) >= 11 is 0. The molecule has 0 bridgehead atoms. The van der Waals surface area contributed by atoms with Crippen molar-refractivity contribution in [2.75, 3.05) is 13.1 Å². The molecule has 1 aliphatic rings. The monoisotopic (exact) mass is 318 g/mol. The molecule has 2 N–H and O–H groups in total. The van der Waals surface area contributed by atoms with Gasteiger partial charge >= 0.3 is 5.97 Å². The number of nitrogens with one attached hydrogen (secondary N) is 1. The summed E-state index contributed by atoms with van der Waals surface area (Å²) in [5.74, 6) is -0.926. The highest BCUT2D eigenvalue weighted by Gasteiger charge is 2.29. The number of carbonyl (C=O) groups excluding carboxylic acids is 2. The topological polar surface area (TPSA) is 86.7 Å². The number of carboxylic acids is 1. The molecule has 1 aromatic rings. The average molecular weight is 318 g/mol. The fourth-order valence-electron chi connectivity index (χ4n) is 2.80. The Morgan fingerprint density at radius 2 is 1.87 bits per heavy atom. The zero-order chi connectivity index (χ0) is 16.7. The van der Waals surface area contributed by atoms with Crippen molar-refractivity contribution in [3.8, 4) is 0 Å². The fraction of sp³-hybridized carbons (Fsp3) is 0.471. The van der Waals surface area contributed by atoms with Crippen molar-refractivity contribution in [1.29, 1.82) is 0 Å². The predicted octanol–water partition coefficient (Wildman–Crippen LogP) is 1.72. The maximum Gasteiger partial charge on any atom is 0.303 e. The lowest BCUT2D eigenvalue weighted by atomic mass is 10.0. The summed E-state index contributed by atoms with van der Waals surface area (Å²) in [6.45, 7) is 0.923. The SMILES string of the molecule is O=C(O)CCCCC(=O)N1CCNC(=O)CC1c1ccccc1. The Morgan fingerprint density at radius 1 is 1.17 bits per heavy atom. The molecule has 1 heterocycles. The highest BCUT2D eigenvalue weighted by atomic mass is 16.4. The van der Waals surface area contributed by atoms with Gasteiger partial charge in [-0.05, 0) is 18.4 Å². The summed E-state index contributed by atoms with van der Waals surface area (Å²) in [7, 11) is 0. The largest absolute Gasteiger partial charge is 0.481 e. The van der Waals surface area contributed by atoms with Crippen molar-refractivity contribution in [1.82, 2.24) is 10.2 Å². The summed E-state index contributed by atoms with van der Waals surface area (Å²) < 4.78 is 0. The molecule has 0 spiro atoms. The van der Waals surface area contributed by atoms with Gasteiger partial charge in [0.2, 0.25) is 11.8 Å². The minimum absolute atomic E-state index is 0.0271. The summed E-state index contributed by atoms with van der Waals surface area (Å²) in [6.07, 6.45) is 1.68. The van der Waals surface area contributed by atoms with Crippen LogP contribution in [0.4, 0.5) is 0 Å². The van der Waals surface area contributed by atoms with Gasteiger partial charge < -0.3 is 15.3 Å². The average Bonchev–Trinajstić information content (AvgIpc) is 2.73. The van der Waals surface area contributed by atoms with Crippen LogP contribution in [0.25, 0.3) is 0 Å². The molecule has 6 heteroatoms. The number of rotatable bonds is 6. The third kappa shape index (κ3) is 5.09. The number of unbranched alkanes of at least 4 members (excludes halogenated alkanes) is 1. The number of hydrogen-bond acceptors (Lipinski definition) is 3. The van der Waals surface area contributed by atoms with Gasteiger partial charge in [0.1, 0.15) is 0 Å². The van der Waals surface area contributed by atoms with Crippen LogP contribution in [0.3, 0.4) is 0 Å². The third-order valence-corrected chi connectivity index (χ3v) is 3.97. The quantitative estimate of drug-likeness (QED) is 0.782.